The van der Waals surface area contributed by atoms with Gasteiger partial charge in [-0.1, -0.05) is 18.2 Å². The minimum absolute atomic E-state index is 0.0885. The van der Waals surface area contributed by atoms with Crippen molar-refractivity contribution in [3.8, 4) is 0 Å². The van der Waals surface area contributed by atoms with Crippen LogP contribution in [0.25, 0.3) is 0 Å². The highest BCUT2D eigenvalue weighted by Gasteiger charge is 2.12. The Hall–Kier alpha value is -2.79. The van der Waals surface area contributed by atoms with Gasteiger partial charge in [-0.25, -0.2) is 0 Å². The monoisotopic (exact) mass is 389 g/mol. The number of aromatic nitrogens is 1. The Labute approximate surface area is 169 Å². The standard InChI is InChI=1S/C23H23N3OS/c1-16-7-8-20(23(27)25-15-17-4-3-11-24-14-17)13-22(16)26-28-21-10-9-18-5-2-6-19(18)12-21/h3-4,7-14,26H,2,5-6,15H2,1H3,(H,25,27). The third-order valence-electron chi connectivity index (χ3n) is 5.02. The lowest BCUT2D eigenvalue weighted by Gasteiger charge is -2.12. The van der Waals surface area contributed by atoms with Gasteiger partial charge in [0.15, 0.2) is 0 Å². The first-order chi connectivity index (χ1) is 13.7. The molecule has 1 aliphatic rings. The number of pyridine rings is 1. The van der Waals surface area contributed by atoms with E-state index in [0.29, 0.717) is 12.1 Å². The van der Waals surface area contributed by atoms with Crippen molar-refractivity contribution in [1.29, 1.82) is 0 Å². The molecule has 3 aromatic rings. The summed E-state index contributed by atoms with van der Waals surface area (Å²) in [5.74, 6) is -0.0885. The summed E-state index contributed by atoms with van der Waals surface area (Å²) < 4.78 is 3.42. The van der Waals surface area contributed by atoms with Gasteiger partial charge in [-0.3, -0.25) is 9.78 Å². The van der Waals surface area contributed by atoms with Crippen LogP contribution in [-0.2, 0) is 19.4 Å². The quantitative estimate of drug-likeness (QED) is 0.587. The smallest absolute Gasteiger partial charge is 0.251 e. The Morgan fingerprint density at radius 3 is 2.86 bits per heavy atom. The molecule has 4 rings (SSSR count). The van der Waals surface area contributed by atoms with E-state index in [4.69, 9.17) is 0 Å². The fourth-order valence-electron chi connectivity index (χ4n) is 3.39. The molecule has 0 radical (unpaired) electrons. The van der Waals surface area contributed by atoms with Crippen LogP contribution in [0.15, 0.2) is 65.8 Å². The number of nitrogens with zero attached hydrogens (tertiary/aromatic N) is 1. The van der Waals surface area contributed by atoms with Gasteiger partial charge in [0.25, 0.3) is 5.91 Å². The Bertz CT molecular complexity index is 988. The number of hydrogen-bond acceptors (Lipinski definition) is 4. The average molecular weight is 390 g/mol. The zero-order valence-electron chi connectivity index (χ0n) is 15.9. The first kappa shape index (κ1) is 18.6. The van der Waals surface area contributed by atoms with E-state index in [1.807, 2.05) is 37.3 Å². The van der Waals surface area contributed by atoms with Crippen molar-refractivity contribution < 1.29 is 4.79 Å². The van der Waals surface area contributed by atoms with E-state index in [0.717, 1.165) is 16.8 Å². The normalized spacial score (nSPS) is 12.5. The van der Waals surface area contributed by atoms with Gasteiger partial charge >= 0.3 is 0 Å². The average Bonchev–Trinajstić information content (AvgIpc) is 3.20. The minimum atomic E-state index is -0.0885. The highest BCUT2D eigenvalue weighted by atomic mass is 32.2. The number of amides is 1. The predicted octanol–water partition coefficient (Wildman–Crippen LogP) is 4.93. The molecule has 0 aliphatic heterocycles. The van der Waals surface area contributed by atoms with Crippen molar-refractivity contribution in [1.82, 2.24) is 10.3 Å². The predicted molar refractivity (Wildman–Crippen MR) is 115 cm³/mol. The molecule has 0 bridgehead atoms. The van der Waals surface area contributed by atoms with Crippen molar-refractivity contribution in [2.75, 3.05) is 4.72 Å². The van der Waals surface area contributed by atoms with E-state index >= 15 is 0 Å². The number of aryl methyl sites for hydroxylation is 3. The molecule has 4 nitrogen and oxygen atoms in total. The molecule has 2 N–H and O–H groups in total. The summed E-state index contributed by atoms with van der Waals surface area (Å²) in [6.07, 6.45) is 7.11. The molecule has 28 heavy (non-hydrogen) atoms. The van der Waals surface area contributed by atoms with Crippen LogP contribution in [-0.4, -0.2) is 10.9 Å². The molecule has 2 aromatic carbocycles. The molecule has 1 amide bonds. The zero-order chi connectivity index (χ0) is 19.3. The number of carbonyl (C=O) groups is 1. The topological polar surface area (TPSA) is 54.0 Å². The summed E-state index contributed by atoms with van der Waals surface area (Å²) in [6, 6.07) is 16.2. The van der Waals surface area contributed by atoms with Crippen molar-refractivity contribution in [3.63, 3.8) is 0 Å². The van der Waals surface area contributed by atoms with Gasteiger partial charge in [0.05, 0.1) is 0 Å². The molecule has 142 valence electrons. The Kier molecular flexibility index (Phi) is 5.63. The van der Waals surface area contributed by atoms with E-state index in [2.05, 4.69) is 33.2 Å². The number of fused-ring (bicyclic) bond motifs is 1. The molecule has 0 saturated carbocycles. The molecular weight excluding hydrogens is 366 g/mol. The second-order valence-electron chi connectivity index (χ2n) is 7.06. The van der Waals surface area contributed by atoms with Gasteiger partial charge < -0.3 is 10.0 Å². The molecule has 0 unspecified atom stereocenters. The largest absolute Gasteiger partial charge is 0.348 e. The van der Waals surface area contributed by atoms with Crippen molar-refractivity contribution in [2.45, 2.75) is 37.6 Å². The maximum atomic E-state index is 12.5. The fourth-order valence-corrected chi connectivity index (χ4v) is 4.17. The van der Waals surface area contributed by atoms with Crippen LogP contribution in [0.3, 0.4) is 0 Å². The molecule has 0 saturated heterocycles. The second-order valence-corrected chi connectivity index (χ2v) is 7.94. The van der Waals surface area contributed by atoms with Crippen LogP contribution in [0.4, 0.5) is 5.69 Å². The number of nitrogens with one attached hydrogen (secondary N) is 2. The number of benzene rings is 2. The summed E-state index contributed by atoms with van der Waals surface area (Å²) in [6.45, 7) is 2.51. The minimum Gasteiger partial charge on any atom is -0.348 e. The summed E-state index contributed by atoms with van der Waals surface area (Å²) in [5.41, 5.74) is 6.64. The van der Waals surface area contributed by atoms with E-state index in [-0.39, 0.29) is 5.91 Å². The van der Waals surface area contributed by atoms with Gasteiger partial charge in [0, 0.05) is 35.1 Å². The molecule has 1 aliphatic carbocycles. The summed E-state index contributed by atoms with van der Waals surface area (Å²) in [7, 11) is 0. The van der Waals surface area contributed by atoms with E-state index in [1.54, 1.807) is 24.3 Å². The molecule has 1 aromatic heterocycles. The van der Waals surface area contributed by atoms with Crippen LogP contribution >= 0.6 is 11.9 Å². The van der Waals surface area contributed by atoms with Crippen LogP contribution in [0.1, 0.15) is 39.0 Å². The lowest BCUT2D eigenvalue weighted by Crippen LogP contribution is -2.22. The molecule has 5 heteroatoms. The zero-order valence-corrected chi connectivity index (χ0v) is 16.7. The highest BCUT2D eigenvalue weighted by molar-refractivity contribution is 8.00. The maximum absolute atomic E-state index is 12.5. The molecular formula is C23H23N3OS. The summed E-state index contributed by atoms with van der Waals surface area (Å²) in [5, 5.41) is 2.95. The van der Waals surface area contributed by atoms with Gasteiger partial charge in [-0.2, -0.15) is 0 Å². The second kappa shape index (κ2) is 8.48. The first-order valence-corrected chi connectivity index (χ1v) is 10.3. The van der Waals surface area contributed by atoms with Crippen molar-refractivity contribution >= 4 is 23.5 Å². The lowest BCUT2D eigenvalue weighted by atomic mass is 10.1. The van der Waals surface area contributed by atoms with E-state index in [1.165, 1.54) is 35.3 Å². The molecule has 0 atom stereocenters. The van der Waals surface area contributed by atoms with Crippen molar-refractivity contribution in [3.05, 3.63) is 88.7 Å². The lowest BCUT2D eigenvalue weighted by molar-refractivity contribution is 0.0951. The van der Waals surface area contributed by atoms with Gasteiger partial charge in [0.2, 0.25) is 0 Å². The van der Waals surface area contributed by atoms with Crippen LogP contribution in [0, 0.1) is 6.92 Å². The SMILES string of the molecule is Cc1ccc(C(=O)NCc2cccnc2)cc1NSc1ccc2c(c1)CCC2. The summed E-state index contributed by atoms with van der Waals surface area (Å²) in [4.78, 5) is 17.8. The fraction of sp³-hybridized carbons (Fsp3) is 0.217. The number of anilines is 1. The maximum Gasteiger partial charge on any atom is 0.251 e. The molecule has 0 fully saturated rings. The van der Waals surface area contributed by atoms with E-state index in [9.17, 15) is 4.79 Å². The van der Waals surface area contributed by atoms with Crippen LogP contribution < -0.4 is 10.0 Å². The Morgan fingerprint density at radius 1 is 1.11 bits per heavy atom. The number of rotatable bonds is 6. The van der Waals surface area contributed by atoms with Gasteiger partial charge in [-0.05, 0) is 90.7 Å². The first-order valence-electron chi connectivity index (χ1n) is 9.51. The van der Waals surface area contributed by atoms with Crippen LogP contribution in [0.5, 0.6) is 0 Å². The molecule has 1 heterocycles. The molecule has 0 spiro atoms. The van der Waals surface area contributed by atoms with Crippen molar-refractivity contribution in [2.24, 2.45) is 0 Å². The summed E-state index contributed by atoms with van der Waals surface area (Å²) >= 11 is 1.59. The Balaban J connectivity index is 1.41. The van der Waals surface area contributed by atoms with Gasteiger partial charge in [-0.15, -0.1) is 0 Å². The van der Waals surface area contributed by atoms with Crippen LogP contribution in [0.2, 0.25) is 0 Å². The third-order valence-corrected chi connectivity index (χ3v) is 5.84. The Morgan fingerprint density at radius 2 is 2.00 bits per heavy atom. The van der Waals surface area contributed by atoms with E-state index < -0.39 is 0 Å². The highest BCUT2D eigenvalue weighted by Crippen LogP contribution is 2.29. The third kappa shape index (κ3) is 4.37. The van der Waals surface area contributed by atoms with Gasteiger partial charge in [0.1, 0.15) is 0 Å². The number of hydrogen-bond donors (Lipinski definition) is 2. The number of carbonyl (C=O) groups excluding carboxylic acids is 1.